The fourth-order valence-electron chi connectivity index (χ4n) is 3.89. The van der Waals surface area contributed by atoms with Crippen LogP contribution in [0.1, 0.15) is 41.5 Å². The fraction of sp³-hybridized carbons (Fsp3) is 0.435. The van der Waals surface area contributed by atoms with Gasteiger partial charge in [-0.25, -0.2) is 4.99 Å². The van der Waals surface area contributed by atoms with Crippen LogP contribution in [0.5, 0.6) is 5.75 Å². The van der Waals surface area contributed by atoms with Crippen molar-refractivity contribution in [2.75, 3.05) is 18.5 Å². The fourth-order valence-corrected chi connectivity index (χ4v) is 3.89. The van der Waals surface area contributed by atoms with Crippen molar-refractivity contribution in [3.8, 4) is 5.75 Å². The first-order valence-corrected chi connectivity index (χ1v) is 10.2. The summed E-state index contributed by atoms with van der Waals surface area (Å²) in [6.45, 7) is 3.97. The van der Waals surface area contributed by atoms with Gasteiger partial charge in [0.1, 0.15) is 12.4 Å². The molecule has 2 aliphatic rings. The number of anilines is 1. The third kappa shape index (κ3) is 5.85. The molecule has 1 unspecified atom stereocenters. The molecule has 156 valence electrons. The van der Waals surface area contributed by atoms with E-state index in [0.29, 0.717) is 19.1 Å². The van der Waals surface area contributed by atoms with E-state index in [1.165, 1.54) is 29.5 Å². The lowest BCUT2D eigenvalue weighted by Crippen LogP contribution is -2.22. The summed E-state index contributed by atoms with van der Waals surface area (Å²) in [4.78, 5) is 4.53. The summed E-state index contributed by atoms with van der Waals surface area (Å²) >= 11 is 0. The smallest absolute Gasteiger partial charge is 0.193 e. The van der Waals surface area contributed by atoms with Gasteiger partial charge >= 0.3 is 0 Å². The van der Waals surface area contributed by atoms with Gasteiger partial charge in [-0.05, 0) is 73.9 Å². The highest BCUT2D eigenvalue weighted by Gasteiger charge is 2.17. The maximum absolute atomic E-state index is 6.13. The first-order valence-electron chi connectivity index (χ1n) is 10.2. The number of fused-ring (bicyclic) bond motifs is 1. The number of aryl methyl sites for hydroxylation is 3. The number of hydrogen-bond acceptors (Lipinski definition) is 3. The molecule has 0 radical (unpaired) electrons. The van der Waals surface area contributed by atoms with Crippen LogP contribution in [-0.4, -0.2) is 25.3 Å². The number of nitrogens with one attached hydrogen (secondary N) is 1. The second-order valence-corrected chi connectivity index (χ2v) is 7.72. The standard InChI is InChI=1S/C23H29N3O2.HI/c1-16-7-8-19(22(12-16)28-15-21-6-3-11-27-21)14-25-23(24)26-20-10-9-17-4-2-5-18(17)13-20;/h7-10,12-13,21H,2-6,11,14-15H2,1H3,(H3,24,25,26);1H. The predicted molar refractivity (Wildman–Crippen MR) is 128 cm³/mol. The Hall–Kier alpha value is -1.80. The van der Waals surface area contributed by atoms with Gasteiger partial charge in [0, 0.05) is 17.9 Å². The number of rotatable bonds is 6. The van der Waals surface area contributed by atoms with Crippen molar-refractivity contribution in [3.05, 3.63) is 58.7 Å². The summed E-state index contributed by atoms with van der Waals surface area (Å²) in [5.41, 5.74) is 12.2. The van der Waals surface area contributed by atoms with Crippen LogP contribution in [0.2, 0.25) is 0 Å². The topological polar surface area (TPSA) is 68.9 Å². The molecule has 4 rings (SSSR count). The van der Waals surface area contributed by atoms with E-state index < -0.39 is 0 Å². The van der Waals surface area contributed by atoms with Crippen LogP contribution in [0, 0.1) is 6.92 Å². The monoisotopic (exact) mass is 507 g/mol. The van der Waals surface area contributed by atoms with E-state index in [-0.39, 0.29) is 30.1 Å². The van der Waals surface area contributed by atoms with E-state index in [9.17, 15) is 0 Å². The SMILES string of the molecule is Cc1ccc(CN=C(N)Nc2ccc3c(c2)CCC3)c(OCC2CCCO2)c1.I. The van der Waals surface area contributed by atoms with Crippen molar-refractivity contribution in [1.29, 1.82) is 0 Å². The van der Waals surface area contributed by atoms with E-state index in [4.69, 9.17) is 15.2 Å². The minimum atomic E-state index is 0. The summed E-state index contributed by atoms with van der Waals surface area (Å²) in [6, 6.07) is 12.7. The van der Waals surface area contributed by atoms with Gasteiger partial charge in [-0.2, -0.15) is 0 Å². The largest absolute Gasteiger partial charge is 0.491 e. The van der Waals surface area contributed by atoms with Crippen LogP contribution in [-0.2, 0) is 24.1 Å². The average molecular weight is 507 g/mol. The van der Waals surface area contributed by atoms with E-state index in [0.717, 1.165) is 42.9 Å². The molecule has 2 aromatic rings. The average Bonchev–Trinajstić information content (AvgIpc) is 3.37. The van der Waals surface area contributed by atoms with Crippen LogP contribution in [0.25, 0.3) is 0 Å². The van der Waals surface area contributed by atoms with Crippen LogP contribution < -0.4 is 15.8 Å². The maximum Gasteiger partial charge on any atom is 0.193 e. The molecule has 1 aliphatic heterocycles. The summed E-state index contributed by atoms with van der Waals surface area (Å²) in [6.07, 6.45) is 5.95. The zero-order chi connectivity index (χ0) is 19.3. The third-order valence-electron chi connectivity index (χ3n) is 5.46. The molecule has 0 amide bonds. The molecular weight excluding hydrogens is 477 g/mol. The van der Waals surface area contributed by atoms with Crippen molar-refractivity contribution in [3.63, 3.8) is 0 Å². The molecule has 6 heteroatoms. The van der Waals surface area contributed by atoms with Gasteiger partial charge in [-0.1, -0.05) is 18.2 Å². The van der Waals surface area contributed by atoms with Gasteiger partial charge in [0.15, 0.2) is 5.96 Å². The molecule has 1 saturated heterocycles. The summed E-state index contributed by atoms with van der Waals surface area (Å²) < 4.78 is 11.7. The Morgan fingerprint density at radius 2 is 2.03 bits per heavy atom. The summed E-state index contributed by atoms with van der Waals surface area (Å²) in [5, 5.41) is 3.22. The van der Waals surface area contributed by atoms with E-state index in [1.54, 1.807) is 0 Å². The molecule has 3 N–H and O–H groups in total. The van der Waals surface area contributed by atoms with Gasteiger partial charge in [0.25, 0.3) is 0 Å². The normalized spacial score (nSPS) is 18.2. The number of aliphatic imine (C=N–C) groups is 1. The van der Waals surface area contributed by atoms with E-state index >= 15 is 0 Å². The Morgan fingerprint density at radius 1 is 1.17 bits per heavy atom. The lowest BCUT2D eigenvalue weighted by molar-refractivity contribution is 0.0676. The van der Waals surface area contributed by atoms with Gasteiger partial charge in [-0.3, -0.25) is 0 Å². The minimum absolute atomic E-state index is 0. The lowest BCUT2D eigenvalue weighted by Gasteiger charge is -2.15. The van der Waals surface area contributed by atoms with E-state index in [2.05, 4.69) is 53.6 Å². The maximum atomic E-state index is 6.13. The first-order chi connectivity index (χ1) is 13.7. The number of benzene rings is 2. The van der Waals surface area contributed by atoms with Crippen molar-refractivity contribution in [2.24, 2.45) is 10.7 Å². The number of hydrogen-bond donors (Lipinski definition) is 2. The molecule has 1 heterocycles. The second kappa shape index (κ2) is 10.3. The molecule has 2 aromatic carbocycles. The molecule has 0 saturated carbocycles. The van der Waals surface area contributed by atoms with Crippen molar-refractivity contribution in [1.82, 2.24) is 0 Å². The highest BCUT2D eigenvalue weighted by Crippen LogP contribution is 2.25. The number of ether oxygens (including phenoxy) is 2. The number of nitrogens with zero attached hydrogens (tertiary/aromatic N) is 1. The highest BCUT2D eigenvalue weighted by atomic mass is 127. The van der Waals surface area contributed by atoms with Crippen LogP contribution in [0.4, 0.5) is 5.69 Å². The quantitative estimate of drug-likeness (QED) is 0.341. The molecule has 0 bridgehead atoms. The Morgan fingerprint density at radius 3 is 2.86 bits per heavy atom. The number of nitrogens with two attached hydrogens (primary N) is 1. The zero-order valence-corrected chi connectivity index (χ0v) is 19.3. The van der Waals surface area contributed by atoms with Gasteiger partial charge in [-0.15, -0.1) is 24.0 Å². The van der Waals surface area contributed by atoms with Gasteiger partial charge < -0.3 is 20.5 Å². The number of guanidine groups is 1. The number of halogens is 1. The molecule has 0 spiro atoms. The van der Waals surface area contributed by atoms with Gasteiger partial charge in [0.05, 0.1) is 12.6 Å². The van der Waals surface area contributed by atoms with Gasteiger partial charge in [0.2, 0.25) is 0 Å². The summed E-state index contributed by atoms with van der Waals surface area (Å²) in [5.74, 6) is 1.29. The molecule has 29 heavy (non-hydrogen) atoms. The Bertz CT molecular complexity index is 863. The molecule has 1 aliphatic carbocycles. The minimum Gasteiger partial charge on any atom is -0.491 e. The Labute approximate surface area is 190 Å². The zero-order valence-electron chi connectivity index (χ0n) is 16.9. The Balaban J connectivity index is 0.00000240. The Kier molecular flexibility index (Phi) is 7.77. The van der Waals surface area contributed by atoms with Crippen molar-refractivity contribution in [2.45, 2.75) is 51.7 Å². The molecule has 1 atom stereocenters. The third-order valence-corrected chi connectivity index (χ3v) is 5.46. The predicted octanol–water partition coefficient (Wildman–Crippen LogP) is 4.59. The van der Waals surface area contributed by atoms with Crippen LogP contribution in [0.15, 0.2) is 41.4 Å². The van der Waals surface area contributed by atoms with Crippen LogP contribution in [0.3, 0.4) is 0 Å². The summed E-state index contributed by atoms with van der Waals surface area (Å²) in [7, 11) is 0. The molecule has 1 fully saturated rings. The lowest BCUT2D eigenvalue weighted by atomic mass is 10.1. The first kappa shape index (κ1) is 21.9. The molecule has 0 aromatic heterocycles. The molecule has 5 nitrogen and oxygen atoms in total. The van der Waals surface area contributed by atoms with Crippen LogP contribution >= 0.6 is 24.0 Å². The van der Waals surface area contributed by atoms with Crippen molar-refractivity contribution < 1.29 is 9.47 Å². The molecular formula is C23H30IN3O2. The second-order valence-electron chi connectivity index (χ2n) is 7.72. The van der Waals surface area contributed by atoms with Crippen molar-refractivity contribution >= 4 is 35.6 Å². The highest BCUT2D eigenvalue weighted by molar-refractivity contribution is 14.0. The van der Waals surface area contributed by atoms with E-state index in [1.807, 2.05) is 0 Å².